The van der Waals surface area contributed by atoms with Crippen LogP contribution in [0.3, 0.4) is 0 Å². The van der Waals surface area contributed by atoms with Crippen molar-refractivity contribution in [1.29, 1.82) is 0 Å². The molecule has 5 heteroatoms. The van der Waals surface area contributed by atoms with Crippen molar-refractivity contribution in [3.63, 3.8) is 0 Å². The minimum atomic E-state index is -0.428. The van der Waals surface area contributed by atoms with Gasteiger partial charge in [-0.05, 0) is 54.6 Å². The summed E-state index contributed by atoms with van der Waals surface area (Å²) in [5, 5.41) is 0.640. The Morgan fingerprint density at radius 3 is 2.27 bits per heavy atom. The van der Waals surface area contributed by atoms with Crippen LogP contribution < -0.4 is 9.47 Å². The molecule has 0 spiro atoms. The highest BCUT2D eigenvalue weighted by atomic mass is 35.5. The highest BCUT2D eigenvalue weighted by Crippen LogP contribution is 2.22. The summed E-state index contributed by atoms with van der Waals surface area (Å²) in [7, 11) is 0. The first kappa shape index (κ1) is 17.8. The molecular weight excluding hydrogens is 352 g/mol. The predicted octanol–water partition coefficient (Wildman–Crippen LogP) is 5.37. The van der Waals surface area contributed by atoms with Gasteiger partial charge >= 0.3 is 5.97 Å². The Hall–Kier alpha value is -2.98. The quantitative estimate of drug-likeness (QED) is 0.415. The van der Waals surface area contributed by atoms with E-state index >= 15 is 0 Å². The molecule has 0 saturated heterocycles. The van der Waals surface area contributed by atoms with E-state index in [0.29, 0.717) is 27.8 Å². The molecule has 3 aromatic carbocycles. The van der Waals surface area contributed by atoms with E-state index in [1.165, 1.54) is 0 Å². The van der Waals surface area contributed by atoms with Crippen LogP contribution in [-0.2, 0) is 4.74 Å². The maximum Gasteiger partial charge on any atom is 0.338 e. The molecular formula is C21H17ClO4. The number of carbonyl (C=O) groups is 1. The predicted molar refractivity (Wildman–Crippen MR) is 100 cm³/mol. The molecule has 0 atom stereocenters. The second-order valence-electron chi connectivity index (χ2n) is 5.38. The molecule has 4 nitrogen and oxygen atoms in total. The highest BCUT2D eigenvalue weighted by Gasteiger charge is 2.09. The van der Waals surface area contributed by atoms with Crippen LogP contribution in [0.4, 0.5) is 0 Å². The smallest absolute Gasteiger partial charge is 0.338 e. The van der Waals surface area contributed by atoms with E-state index < -0.39 is 5.97 Å². The highest BCUT2D eigenvalue weighted by molar-refractivity contribution is 6.30. The molecule has 3 rings (SSSR count). The zero-order valence-corrected chi connectivity index (χ0v) is 14.7. The summed E-state index contributed by atoms with van der Waals surface area (Å²) >= 11 is 5.81. The molecule has 0 saturated carbocycles. The topological polar surface area (TPSA) is 44.8 Å². The van der Waals surface area contributed by atoms with Gasteiger partial charge in [-0.15, -0.1) is 0 Å². The summed E-state index contributed by atoms with van der Waals surface area (Å²) < 4.78 is 16.4. The number of para-hydroxylation sites is 1. The van der Waals surface area contributed by atoms with Crippen LogP contribution in [0.15, 0.2) is 78.9 Å². The Kier molecular flexibility index (Phi) is 6.12. The summed E-state index contributed by atoms with van der Waals surface area (Å²) in [5.41, 5.74) is 0.421. The van der Waals surface area contributed by atoms with Crippen LogP contribution in [0.2, 0.25) is 5.02 Å². The van der Waals surface area contributed by atoms with Crippen molar-refractivity contribution in [3.8, 4) is 17.2 Å². The van der Waals surface area contributed by atoms with Gasteiger partial charge in [0.25, 0.3) is 0 Å². The Labute approximate surface area is 156 Å². The number of rotatable bonds is 7. The molecule has 0 aliphatic rings. The molecule has 0 aromatic heterocycles. The van der Waals surface area contributed by atoms with Gasteiger partial charge in [0.15, 0.2) is 0 Å². The van der Waals surface area contributed by atoms with E-state index in [2.05, 4.69) is 0 Å². The Balaban J connectivity index is 1.50. The Morgan fingerprint density at radius 2 is 1.50 bits per heavy atom. The van der Waals surface area contributed by atoms with E-state index in [4.69, 9.17) is 25.8 Å². The molecule has 0 radical (unpaired) electrons. The summed E-state index contributed by atoms with van der Waals surface area (Å²) in [6.45, 7) is 0.402. The zero-order valence-electron chi connectivity index (χ0n) is 13.9. The molecule has 3 aromatic rings. The summed E-state index contributed by atoms with van der Waals surface area (Å²) in [4.78, 5) is 12.2. The van der Waals surface area contributed by atoms with Crippen molar-refractivity contribution in [2.24, 2.45) is 0 Å². The van der Waals surface area contributed by atoms with Gasteiger partial charge in [0.2, 0.25) is 0 Å². The summed E-state index contributed by atoms with van der Waals surface area (Å²) in [6.07, 6.45) is 0. The molecule has 0 N–H and O–H groups in total. The van der Waals surface area contributed by atoms with Gasteiger partial charge < -0.3 is 14.2 Å². The maximum atomic E-state index is 12.2. The Bertz CT molecular complexity index is 847. The standard InChI is InChI=1S/C21H17ClO4/c22-17-9-11-18(12-10-17)24-13-14-25-21(23)16-5-4-8-20(15-16)26-19-6-2-1-3-7-19/h1-12,15H,13-14H2. The van der Waals surface area contributed by atoms with E-state index in [0.717, 1.165) is 0 Å². The average molecular weight is 369 g/mol. The number of esters is 1. The monoisotopic (exact) mass is 368 g/mol. The van der Waals surface area contributed by atoms with Gasteiger partial charge in [0.05, 0.1) is 5.56 Å². The average Bonchev–Trinajstić information content (AvgIpc) is 2.67. The summed E-state index contributed by atoms with van der Waals surface area (Å²) in [6, 6.07) is 23.2. The van der Waals surface area contributed by atoms with Crippen LogP contribution in [0.5, 0.6) is 17.2 Å². The largest absolute Gasteiger partial charge is 0.490 e. The number of carbonyl (C=O) groups excluding carboxylic acids is 1. The number of benzene rings is 3. The van der Waals surface area contributed by atoms with E-state index in [9.17, 15) is 4.79 Å². The summed E-state index contributed by atoms with van der Waals surface area (Å²) in [5.74, 6) is 1.52. The first-order valence-electron chi connectivity index (χ1n) is 8.09. The van der Waals surface area contributed by atoms with Gasteiger partial charge in [-0.3, -0.25) is 0 Å². The number of halogens is 1. The fourth-order valence-corrected chi connectivity index (χ4v) is 2.35. The second-order valence-corrected chi connectivity index (χ2v) is 5.82. The van der Waals surface area contributed by atoms with Gasteiger partial charge in [-0.2, -0.15) is 0 Å². The lowest BCUT2D eigenvalue weighted by molar-refractivity contribution is 0.0450. The number of hydrogen-bond acceptors (Lipinski definition) is 4. The van der Waals surface area contributed by atoms with E-state index in [1.807, 2.05) is 30.3 Å². The van der Waals surface area contributed by atoms with Crippen LogP contribution in [0.1, 0.15) is 10.4 Å². The molecule has 0 fully saturated rings. The van der Waals surface area contributed by atoms with Crippen molar-refractivity contribution in [3.05, 3.63) is 89.4 Å². The maximum absolute atomic E-state index is 12.2. The third-order valence-electron chi connectivity index (χ3n) is 3.45. The van der Waals surface area contributed by atoms with Crippen LogP contribution >= 0.6 is 11.6 Å². The lowest BCUT2D eigenvalue weighted by atomic mass is 10.2. The lowest BCUT2D eigenvalue weighted by Gasteiger charge is -2.09. The molecule has 0 unspecified atom stereocenters. The number of ether oxygens (including phenoxy) is 3. The first-order chi connectivity index (χ1) is 12.7. The van der Waals surface area contributed by atoms with Gasteiger partial charge in [-0.25, -0.2) is 4.79 Å². The van der Waals surface area contributed by atoms with Crippen LogP contribution in [0.25, 0.3) is 0 Å². The molecule has 0 amide bonds. The van der Waals surface area contributed by atoms with Crippen LogP contribution in [-0.4, -0.2) is 19.2 Å². The third kappa shape index (κ3) is 5.26. The SMILES string of the molecule is O=C(OCCOc1ccc(Cl)cc1)c1cccc(Oc2ccccc2)c1. The van der Waals surface area contributed by atoms with Crippen molar-refractivity contribution >= 4 is 17.6 Å². The molecule has 0 aliphatic carbocycles. The van der Waals surface area contributed by atoms with Gasteiger partial charge in [0.1, 0.15) is 30.5 Å². The van der Waals surface area contributed by atoms with Crippen molar-refractivity contribution < 1.29 is 19.0 Å². The molecule has 132 valence electrons. The van der Waals surface area contributed by atoms with Crippen molar-refractivity contribution in [1.82, 2.24) is 0 Å². The Morgan fingerprint density at radius 1 is 0.769 bits per heavy atom. The normalized spacial score (nSPS) is 10.2. The minimum Gasteiger partial charge on any atom is -0.490 e. The lowest BCUT2D eigenvalue weighted by Crippen LogP contribution is -2.12. The van der Waals surface area contributed by atoms with E-state index in [-0.39, 0.29) is 13.2 Å². The fourth-order valence-electron chi connectivity index (χ4n) is 2.22. The van der Waals surface area contributed by atoms with Crippen molar-refractivity contribution in [2.45, 2.75) is 0 Å². The zero-order chi connectivity index (χ0) is 18.2. The second kappa shape index (κ2) is 8.92. The van der Waals surface area contributed by atoms with Crippen LogP contribution in [0, 0.1) is 0 Å². The molecule has 0 bridgehead atoms. The van der Waals surface area contributed by atoms with Gasteiger partial charge in [0, 0.05) is 5.02 Å². The molecule has 0 heterocycles. The molecule has 26 heavy (non-hydrogen) atoms. The molecule has 0 aliphatic heterocycles. The first-order valence-corrected chi connectivity index (χ1v) is 8.47. The van der Waals surface area contributed by atoms with Crippen molar-refractivity contribution in [2.75, 3.05) is 13.2 Å². The van der Waals surface area contributed by atoms with Gasteiger partial charge in [-0.1, -0.05) is 35.9 Å². The minimum absolute atomic E-state index is 0.144. The van der Waals surface area contributed by atoms with E-state index in [1.54, 1.807) is 48.5 Å². The third-order valence-corrected chi connectivity index (χ3v) is 3.70. The number of hydrogen-bond donors (Lipinski definition) is 0. The fraction of sp³-hybridized carbons (Fsp3) is 0.0952.